The molecule has 0 saturated carbocycles. The summed E-state index contributed by atoms with van der Waals surface area (Å²) < 4.78 is 6.39. The Bertz CT molecular complexity index is 555. The fourth-order valence-corrected chi connectivity index (χ4v) is 2.00. The quantitative estimate of drug-likeness (QED) is 0.943. The average molecular weight is 306 g/mol. The smallest absolute Gasteiger partial charge is 0.248 e. The summed E-state index contributed by atoms with van der Waals surface area (Å²) in [4.78, 5) is 11.1. The molecular weight excluding hydrogens is 294 g/mol. The topological polar surface area (TPSA) is 52.3 Å². The Kier molecular flexibility index (Phi) is 3.99. The van der Waals surface area contributed by atoms with E-state index in [4.69, 9.17) is 10.5 Å². The predicted molar refractivity (Wildman–Crippen MR) is 73.4 cm³/mol. The Morgan fingerprint density at radius 1 is 1.17 bits per heavy atom. The molecule has 2 rings (SSSR count). The molecule has 0 fully saturated rings. The summed E-state index contributed by atoms with van der Waals surface area (Å²) in [7, 11) is 0. The summed E-state index contributed by atoms with van der Waals surface area (Å²) in [6.45, 7) is 0.454. The minimum atomic E-state index is -0.471. The third kappa shape index (κ3) is 3.34. The number of benzene rings is 2. The van der Waals surface area contributed by atoms with Crippen molar-refractivity contribution in [2.75, 3.05) is 0 Å². The Morgan fingerprint density at radius 3 is 2.56 bits per heavy atom. The minimum Gasteiger partial charge on any atom is -0.489 e. The molecule has 2 N–H and O–H groups in total. The van der Waals surface area contributed by atoms with Crippen molar-refractivity contribution in [2.45, 2.75) is 6.61 Å². The van der Waals surface area contributed by atoms with E-state index in [-0.39, 0.29) is 0 Å². The van der Waals surface area contributed by atoms with E-state index in [9.17, 15) is 4.79 Å². The van der Waals surface area contributed by atoms with Gasteiger partial charge in [-0.3, -0.25) is 4.79 Å². The number of hydrogen-bond donors (Lipinski definition) is 1. The number of rotatable bonds is 4. The molecule has 4 heteroatoms. The standard InChI is InChI=1S/C14H12BrNO2/c15-12-6-11(14(16)17)7-13(8-12)18-9-10-4-2-1-3-5-10/h1-8H,9H2,(H2,16,17). The fraction of sp³-hybridized carbons (Fsp3) is 0.0714. The van der Waals surface area contributed by atoms with E-state index in [1.54, 1.807) is 18.2 Å². The number of hydrogen-bond acceptors (Lipinski definition) is 2. The van der Waals surface area contributed by atoms with E-state index in [2.05, 4.69) is 15.9 Å². The highest BCUT2D eigenvalue weighted by molar-refractivity contribution is 9.10. The summed E-state index contributed by atoms with van der Waals surface area (Å²) in [5.74, 6) is 0.142. The van der Waals surface area contributed by atoms with Crippen molar-refractivity contribution >= 4 is 21.8 Å². The molecule has 2 aromatic rings. The molecule has 0 heterocycles. The van der Waals surface area contributed by atoms with Gasteiger partial charge in [-0.15, -0.1) is 0 Å². The molecule has 0 saturated heterocycles. The van der Waals surface area contributed by atoms with E-state index in [0.29, 0.717) is 17.9 Å². The van der Waals surface area contributed by atoms with E-state index in [1.807, 2.05) is 30.3 Å². The van der Waals surface area contributed by atoms with Crippen LogP contribution in [-0.2, 0) is 6.61 Å². The average Bonchev–Trinajstić information content (AvgIpc) is 2.37. The fourth-order valence-electron chi connectivity index (χ4n) is 1.53. The van der Waals surface area contributed by atoms with Crippen LogP contribution in [0.2, 0.25) is 0 Å². The number of carbonyl (C=O) groups is 1. The monoisotopic (exact) mass is 305 g/mol. The van der Waals surface area contributed by atoms with Crippen LogP contribution in [-0.4, -0.2) is 5.91 Å². The number of ether oxygens (including phenoxy) is 1. The summed E-state index contributed by atoms with van der Waals surface area (Å²) in [6, 6.07) is 14.9. The number of primary amides is 1. The van der Waals surface area contributed by atoms with Crippen molar-refractivity contribution in [1.29, 1.82) is 0 Å². The lowest BCUT2D eigenvalue weighted by Crippen LogP contribution is -2.11. The van der Waals surface area contributed by atoms with Crippen LogP contribution in [0.4, 0.5) is 0 Å². The van der Waals surface area contributed by atoms with Crippen LogP contribution >= 0.6 is 15.9 Å². The first-order valence-corrected chi connectivity index (χ1v) is 6.21. The van der Waals surface area contributed by atoms with Crippen molar-refractivity contribution < 1.29 is 9.53 Å². The maximum atomic E-state index is 11.1. The molecule has 3 nitrogen and oxygen atoms in total. The SMILES string of the molecule is NC(=O)c1cc(Br)cc(OCc2ccccc2)c1. The molecule has 18 heavy (non-hydrogen) atoms. The third-order valence-corrected chi connectivity index (χ3v) is 2.86. The molecule has 0 aliphatic rings. The van der Waals surface area contributed by atoms with Crippen LogP contribution in [0.5, 0.6) is 5.75 Å². The summed E-state index contributed by atoms with van der Waals surface area (Å²) in [6.07, 6.45) is 0. The van der Waals surface area contributed by atoms with Gasteiger partial charge >= 0.3 is 0 Å². The lowest BCUT2D eigenvalue weighted by atomic mass is 10.2. The number of amides is 1. The first-order valence-electron chi connectivity index (χ1n) is 5.42. The maximum Gasteiger partial charge on any atom is 0.248 e. The highest BCUT2D eigenvalue weighted by Crippen LogP contribution is 2.22. The minimum absolute atomic E-state index is 0.424. The van der Waals surface area contributed by atoms with Crippen molar-refractivity contribution in [3.63, 3.8) is 0 Å². The van der Waals surface area contributed by atoms with Crippen LogP contribution in [0.15, 0.2) is 53.0 Å². The van der Waals surface area contributed by atoms with Crippen LogP contribution in [0.3, 0.4) is 0 Å². The summed E-state index contributed by atoms with van der Waals surface area (Å²) in [5, 5.41) is 0. The van der Waals surface area contributed by atoms with Gasteiger partial charge in [0, 0.05) is 10.0 Å². The van der Waals surface area contributed by atoms with Gasteiger partial charge in [-0.05, 0) is 23.8 Å². The first-order chi connectivity index (χ1) is 8.65. The van der Waals surface area contributed by atoms with Gasteiger partial charge in [0.1, 0.15) is 12.4 Å². The number of halogens is 1. The second kappa shape index (κ2) is 5.69. The predicted octanol–water partition coefficient (Wildman–Crippen LogP) is 3.13. The van der Waals surface area contributed by atoms with Crippen molar-refractivity contribution in [3.8, 4) is 5.75 Å². The summed E-state index contributed by atoms with van der Waals surface area (Å²) >= 11 is 3.32. The molecule has 0 atom stereocenters. The molecule has 0 bridgehead atoms. The molecule has 0 spiro atoms. The van der Waals surface area contributed by atoms with E-state index in [0.717, 1.165) is 10.0 Å². The van der Waals surface area contributed by atoms with Crippen LogP contribution in [0.25, 0.3) is 0 Å². The zero-order valence-electron chi connectivity index (χ0n) is 9.60. The van der Waals surface area contributed by atoms with Gasteiger partial charge in [0.15, 0.2) is 0 Å². The van der Waals surface area contributed by atoms with Gasteiger partial charge in [0.2, 0.25) is 5.91 Å². The van der Waals surface area contributed by atoms with Crippen molar-refractivity contribution in [2.24, 2.45) is 5.73 Å². The third-order valence-electron chi connectivity index (χ3n) is 2.40. The van der Waals surface area contributed by atoms with E-state index >= 15 is 0 Å². The van der Waals surface area contributed by atoms with Gasteiger partial charge in [0.05, 0.1) is 0 Å². The lowest BCUT2D eigenvalue weighted by molar-refractivity contribution is 0.0999. The zero-order chi connectivity index (χ0) is 13.0. The van der Waals surface area contributed by atoms with Crippen molar-refractivity contribution in [3.05, 3.63) is 64.1 Å². The Hall–Kier alpha value is -1.81. The zero-order valence-corrected chi connectivity index (χ0v) is 11.2. The van der Waals surface area contributed by atoms with E-state index in [1.165, 1.54) is 0 Å². The normalized spacial score (nSPS) is 10.1. The van der Waals surface area contributed by atoms with Gasteiger partial charge < -0.3 is 10.5 Å². The molecular formula is C14H12BrNO2. The molecule has 0 aromatic heterocycles. The van der Waals surface area contributed by atoms with Gasteiger partial charge in [-0.25, -0.2) is 0 Å². The van der Waals surface area contributed by atoms with Crippen LogP contribution in [0.1, 0.15) is 15.9 Å². The second-order valence-electron chi connectivity index (χ2n) is 3.81. The van der Waals surface area contributed by atoms with Gasteiger partial charge in [0.25, 0.3) is 0 Å². The van der Waals surface area contributed by atoms with Gasteiger partial charge in [-0.1, -0.05) is 46.3 Å². The Labute approximate surface area is 114 Å². The first kappa shape index (κ1) is 12.6. The van der Waals surface area contributed by atoms with Crippen LogP contribution in [0, 0.1) is 0 Å². The Morgan fingerprint density at radius 2 is 1.89 bits per heavy atom. The number of carbonyl (C=O) groups excluding carboxylic acids is 1. The molecule has 92 valence electrons. The maximum absolute atomic E-state index is 11.1. The van der Waals surface area contributed by atoms with Crippen molar-refractivity contribution in [1.82, 2.24) is 0 Å². The van der Waals surface area contributed by atoms with E-state index < -0.39 is 5.91 Å². The largest absolute Gasteiger partial charge is 0.489 e. The molecule has 0 aliphatic carbocycles. The van der Waals surface area contributed by atoms with Gasteiger partial charge in [-0.2, -0.15) is 0 Å². The highest BCUT2D eigenvalue weighted by Gasteiger charge is 2.05. The molecule has 2 aromatic carbocycles. The summed E-state index contributed by atoms with van der Waals surface area (Å²) in [5.41, 5.74) is 6.73. The molecule has 0 aliphatic heterocycles. The highest BCUT2D eigenvalue weighted by atomic mass is 79.9. The molecule has 0 radical (unpaired) electrons. The number of nitrogens with two attached hydrogens (primary N) is 1. The Balaban J connectivity index is 2.12. The van der Waals surface area contributed by atoms with Crippen LogP contribution < -0.4 is 10.5 Å². The molecule has 0 unspecified atom stereocenters. The second-order valence-corrected chi connectivity index (χ2v) is 4.73. The lowest BCUT2D eigenvalue weighted by Gasteiger charge is -2.08. The molecule has 1 amide bonds.